The van der Waals surface area contributed by atoms with E-state index in [-0.39, 0.29) is 5.69 Å². The highest BCUT2D eigenvalue weighted by Gasteiger charge is 2.12. The Morgan fingerprint density at radius 2 is 2.00 bits per heavy atom. The van der Waals surface area contributed by atoms with Crippen molar-refractivity contribution in [1.29, 1.82) is 0 Å². The Hall–Kier alpha value is -3.33. The van der Waals surface area contributed by atoms with Gasteiger partial charge in [0.05, 0.1) is 23.2 Å². The van der Waals surface area contributed by atoms with E-state index in [2.05, 4.69) is 20.6 Å². The van der Waals surface area contributed by atoms with Gasteiger partial charge in [-0.3, -0.25) is 14.8 Å². The topological polar surface area (TPSA) is 98.8 Å². The first-order valence-electron chi connectivity index (χ1n) is 7.84. The van der Waals surface area contributed by atoms with Gasteiger partial charge in [-0.25, -0.2) is 0 Å². The van der Waals surface area contributed by atoms with Crippen molar-refractivity contribution < 1.29 is 4.92 Å². The van der Waals surface area contributed by atoms with E-state index in [1.54, 1.807) is 16.9 Å². The van der Waals surface area contributed by atoms with E-state index in [1.807, 2.05) is 31.2 Å². The molecular weight excluding hydrogens is 352 g/mol. The minimum absolute atomic E-state index is 0.0533. The van der Waals surface area contributed by atoms with Crippen LogP contribution >= 0.6 is 11.3 Å². The first kappa shape index (κ1) is 16.2. The second-order valence-corrected chi connectivity index (χ2v) is 6.86. The maximum absolute atomic E-state index is 10.9. The summed E-state index contributed by atoms with van der Waals surface area (Å²) in [6.07, 6.45) is 1.62. The highest BCUT2D eigenvalue weighted by atomic mass is 32.1. The van der Waals surface area contributed by atoms with Crippen LogP contribution in [0.4, 0.5) is 16.5 Å². The van der Waals surface area contributed by atoms with Crippen LogP contribution in [0.25, 0.3) is 10.9 Å². The molecule has 0 radical (unpaired) electrons. The molecule has 0 unspecified atom stereocenters. The number of benzene rings is 2. The van der Waals surface area contributed by atoms with Gasteiger partial charge in [0.1, 0.15) is 5.01 Å². The Bertz CT molecular complexity index is 1090. The second kappa shape index (κ2) is 6.52. The molecule has 0 atom stereocenters. The second-order valence-electron chi connectivity index (χ2n) is 5.79. The van der Waals surface area contributed by atoms with Gasteiger partial charge >= 0.3 is 0 Å². The van der Waals surface area contributed by atoms with Crippen LogP contribution in [0.2, 0.25) is 0 Å². The zero-order chi connectivity index (χ0) is 18.1. The third kappa shape index (κ3) is 3.24. The highest BCUT2D eigenvalue weighted by Crippen LogP contribution is 2.24. The van der Waals surface area contributed by atoms with Gasteiger partial charge in [-0.05, 0) is 25.1 Å². The molecule has 8 nitrogen and oxygen atoms in total. The van der Waals surface area contributed by atoms with Crippen LogP contribution in [0.15, 0.2) is 48.7 Å². The number of anilines is 2. The van der Waals surface area contributed by atoms with Crippen molar-refractivity contribution in [3.63, 3.8) is 0 Å². The maximum atomic E-state index is 10.9. The van der Waals surface area contributed by atoms with Crippen molar-refractivity contribution in [2.75, 3.05) is 5.32 Å². The molecule has 9 heteroatoms. The molecule has 130 valence electrons. The normalized spacial score (nSPS) is 11.0. The zero-order valence-corrected chi connectivity index (χ0v) is 14.6. The van der Waals surface area contributed by atoms with Crippen LogP contribution in [0, 0.1) is 17.0 Å². The van der Waals surface area contributed by atoms with Crippen molar-refractivity contribution in [2.45, 2.75) is 13.5 Å². The number of nitro benzene ring substituents is 1. The molecule has 0 saturated heterocycles. The molecule has 4 aromatic rings. The molecule has 0 aliphatic rings. The average Bonchev–Trinajstić information content (AvgIpc) is 3.24. The summed E-state index contributed by atoms with van der Waals surface area (Å²) in [4.78, 5) is 10.5. The number of hydrogen-bond donors (Lipinski definition) is 1. The Kier molecular flexibility index (Phi) is 4.05. The molecular formula is C17H14N6O2S. The van der Waals surface area contributed by atoms with Crippen molar-refractivity contribution >= 4 is 38.7 Å². The van der Waals surface area contributed by atoms with Crippen molar-refractivity contribution in [2.24, 2.45) is 0 Å². The van der Waals surface area contributed by atoms with Gasteiger partial charge in [0.25, 0.3) is 5.69 Å². The fraction of sp³-hybridized carbons (Fsp3) is 0.118. The number of rotatable bonds is 5. The SMILES string of the molecule is Cc1ccc(Nc2nnc(Cn3ncc4cc([N+](=O)[O-])ccc43)s2)cc1. The number of aromatic nitrogens is 4. The number of aryl methyl sites for hydroxylation is 1. The number of non-ortho nitro benzene ring substituents is 1. The summed E-state index contributed by atoms with van der Waals surface area (Å²) in [5.74, 6) is 0. The Morgan fingerprint density at radius 3 is 2.77 bits per heavy atom. The maximum Gasteiger partial charge on any atom is 0.270 e. The van der Waals surface area contributed by atoms with Crippen LogP contribution in [0.5, 0.6) is 0 Å². The van der Waals surface area contributed by atoms with Crippen LogP contribution in [0.1, 0.15) is 10.6 Å². The zero-order valence-electron chi connectivity index (χ0n) is 13.8. The number of hydrogen-bond acceptors (Lipinski definition) is 7. The van der Waals surface area contributed by atoms with E-state index in [0.29, 0.717) is 11.7 Å². The van der Waals surface area contributed by atoms with Crippen LogP contribution < -0.4 is 5.32 Å². The Labute approximate surface area is 152 Å². The Balaban J connectivity index is 1.53. The van der Waals surface area contributed by atoms with Gasteiger partial charge in [-0.15, -0.1) is 10.2 Å². The predicted molar refractivity (Wildman–Crippen MR) is 99.9 cm³/mol. The molecule has 2 heterocycles. The summed E-state index contributed by atoms with van der Waals surface area (Å²) in [7, 11) is 0. The molecule has 4 rings (SSSR count). The van der Waals surface area contributed by atoms with Crippen molar-refractivity contribution in [1.82, 2.24) is 20.0 Å². The summed E-state index contributed by atoms with van der Waals surface area (Å²) in [6.45, 7) is 2.49. The predicted octanol–water partition coefficient (Wildman–Crippen LogP) is 3.90. The molecule has 0 bridgehead atoms. The largest absolute Gasteiger partial charge is 0.330 e. The highest BCUT2D eigenvalue weighted by molar-refractivity contribution is 7.15. The molecule has 0 spiro atoms. The molecule has 2 aromatic carbocycles. The number of fused-ring (bicyclic) bond motifs is 1. The van der Waals surface area contributed by atoms with Gasteiger partial charge < -0.3 is 5.32 Å². The smallest absolute Gasteiger partial charge is 0.270 e. The van der Waals surface area contributed by atoms with Crippen LogP contribution in [0.3, 0.4) is 0 Å². The lowest BCUT2D eigenvalue weighted by Crippen LogP contribution is -2.01. The molecule has 2 aromatic heterocycles. The first-order chi connectivity index (χ1) is 12.6. The third-order valence-electron chi connectivity index (χ3n) is 3.89. The fourth-order valence-electron chi connectivity index (χ4n) is 2.57. The lowest BCUT2D eigenvalue weighted by Gasteiger charge is -2.01. The van der Waals surface area contributed by atoms with E-state index >= 15 is 0 Å². The third-order valence-corrected chi connectivity index (χ3v) is 4.71. The molecule has 1 N–H and O–H groups in total. The molecule has 0 fully saturated rings. The van der Waals surface area contributed by atoms with E-state index in [9.17, 15) is 10.1 Å². The number of nitrogens with one attached hydrogen (secondary N) is 1. The molecule has 0 saturated carbocycles. The van der Waals surface area contributed by atoms with E-state index < -0.39 is 4.92 Å². The minimum atomic E-state index is -0.412. The molecule has 26 heavy (non-hydrogen) atoms. The molecule has 0 aliphatic carbocycles. The summed E-state index contributed by atoms with van der Waals surface area (Å²) in [5, 5.41) is 29.0. The summed E-state index contributed by atoms with van der Waals surface area (Å²) in [5.41, 5.74) is 3.02. The van der Waals surface area contributed by atoms with E-state index in [0.717, 1.165) is 21.6 Å². The van der Waals surface area contributed by atoms with Gasteiger partial charge in [0.2, 0.25) is 5.13 Å². The summed E-state index contributed by atoms with van der Waals surface area (Å²) < 4.78 is 1.76. The lowest BCUT2D eigenvalue weighted by molar-refractivity contribution is -0.384. The molecule has 0 amide bonds. The van der Waals surface area contributed by atoms with E-state index in [1.165, 1.54) is 29.0 Å². The summed E-state index contributed by atoms with van der Waals surface area (Å²) >= 11 is 1.44. The van der Waals surface area contributed by atoms with Crippen LogP contribution in [-0.2, 0) is 6.54 Å². The van der Waals surface area contributed by atoms with Gasteiger partial charge in [-0.1, -0.05) is 29.0 Å². The monoisotopic (exact) mass is 366 g/mol. The number of nitrogens with zero attached hydrogens (tertiary/aromatic N) is 5. The van der Waals surface area contributed by atoms with Crippen molar-refractivity contribution in [3.8, 4) is 0 Å². The minimum Gasteiger partial charge on any atom is -0.330 e. The lowest BCUT2D eigenvalue weighted by atomic mass is 10.2. The Morgan fingerprint density at radius 1 is 1.19 bits per heavy atom. The van der Waals surface area contributed by atoms with Crippen LogP contribution in [-0.4, -0.2) is 24.9 Å². The average molecular weight is 366 g/mol. The molecule has 0 aliphatic heterocycles. The quantitative estimate of drug-likeness (QED) is 0.425. The summed E-state index contributed by atoms with van der Waals surface area (Å²) in [6, 6.07) is 12.7. The van der Waals surface area contributed by atoms with Crippen molar-refractivity contribution in [3.05, 3.63) is 69.3 Å². The van der Waals surface area contributed by atoms with Gasteiger partial charge in [0, 0.05) is 23.2 Å². The first-order valence-corrected chi connectivity index (χ1v) is 8.66. The van der Waals surface area contributed by atoms with Gasteiger partial charge in [-0.2, -0.15) is 5.10 Å². The fourth-order valence-corrected chi connectivity index (χ4v) is 3.31. The standard InChI is InChI=1S/C17H14N6O2S/c1-11-2-4-13(5-3-11)19-17-21-20-16(26-17)10-22-15-7-6-14(23(24)25)8-12(15)9-18-22/h2-9H,10H2,1H3,(H,19,21). The van der Waals surface area contributed by atoms with Gasteiger partial charge in [0.15, 0.2) is 0 Å². The van der Waals surface area contributed by atoms with E-state index in [4.69, 9.17) is 0 Å². The number of nitro groups is 1.